The number of rotatable bonds is 10. The molecule has 14 nitrogen and oxygen atoms in total. The number of amides is 4. The lowest BCUT2D eigenvalue weighted by atomic mass is 9.98. The predicted octanol–water partition coefficient (Wildman–Crippen LogP) is 8.70. The number of allylic oxidation sites excluding steroid dienone is 2. The number of fused-ring (bicyclic) bond motifs is 4. The fraction of sp³-hybridized carbons (Fsp3) is 0.362. The van der Waals surface area contributed by atoms with Crippen LogP contribution < -0.4 is 10.6 Å². The number of nitrogens with zero attached hydrogens (tertiary/aromatic N) is 4. The molecule has 4 amide bonds. The summed E-state index contributed by atoms with van der Waals surface area (Å²) in [4.78, 5) is 72.5. The number of likely N-dealkylation sites (tertiary alicyclic amines) is 2. The lowest BCUT2D eigenvalue weighted by molar-refractivity contribution is -0.135. The molecule has 6 aromatic rings. The molecule has 0 saturated carbocycles. The third-order valence-electron chi connectivity index (χ3n) is 12.4. The number of ether oxygens (including phenoxy) is 2. The van der Waals surface area contributed by atoms with Crippen molar-refractivity contribution in [3.63, 3.8) is 0 Å². The second-order valence-electron chi connectivity index (χ2n) is 16.5. The molecule has 62 heavy (non-hydrogen) atoms. The van der Waals surface area contributed by atoms with Crippen LogP contribution in [0.25, 0.3) is 53.6 Å². The fourth-order valence-electron chi connectivity index (χ4n) is 9.13. The number of benzene rings is 3. The van der Waals surface area contributed by atoms with Crippen LogP contribution >= 0.6 is 11.3 Å². The summed E-state index contributed by atoms with van der Waals surface area (Å²) < 4.78 is 12.0. The first kappa shape index (κ1) is 40.9. The number of H-pyrrole nitrogens is 2. The van der Waals surface area contributed by atoms with E-state index in [1.807, 2.05) is 54.1 Å². The van der Waals surface area contributed by atoms with E-state index in [-0.39, 0.29) is 29.8 Å². The van der Waals surface area contributed by atoms with E-state index >= 15 is 0 Å². The molecule has 2 saturated heterocycles. The smallest absolute Gasteiger partial charge is 0.407 e. The number of thiophene rings is 1. The molecule has 0 unspecified atom stereocenters. The number of nitrogens with one attached hydrogen (secondary N) is 4. The average molecular weight is 855 g/mol. The number of hydrogen-bond acceptors (Lipinski definition) is 9. The quantitative estimate of drug-likeness (QED) is 0.106. The van der Waals surface area contributed by atoms with Gasteiger partial charge in [-0.1, -0.05) is 62.4 Å². The van der Waals surface area contributed by atoms with E-state index in [2.05, 4.69) is 69.1 Å². The molecule has 9 rings (SSSR count). The number of carbonyl (C=O) groups is 4. The molecule has 320 valence electrons. The molecule has 2 aliphatic heterocycles. The Balaban J connectivity index is 0.933. The van der Waals surface area contributed by atoms with Gasteiger partial charge in [0.2, 0.25) is 5.91 Å². The van der Waals surface area contributed by atoms with E-state index in [1.165, 1.54) is 29.7 Å². The summed E-state index contributed by atoms with van der Waals surface area (Å²) in [5.74, 6) is 1.04. The summed E-state index contributed by atoms with van der Waals surface area (Å²) in [5.41, 5.74) is 6.51. The molecule has 0 spiro atoms. The number of hydrogen-bond donors (Lipinski definition) is 4. The van der Waals surface area contributed by atoms with Crippen LogP contribution in [-0.2, 0) is 19.1 Å². The Bertz CT molecular complexity index is 2770. The van der Waals surface area contributed by atoms with E-state index in [4.69, 9.17) is 19.4 Å². The van der Waals surface area contributed by atoms with Gasteiger partial charge in [-0.3, -0.25) is 9.59 Å². The van der Waals surface area contributed by atoms with E-state index < -0.39 is 24.3 Å². The minimum Gasteiger partial charge on any atom is -0.453 e. The number of imidazole rings is 2. The van der Waals surface area contributed by atoms with Crippen molar-refractivity contribution in [2.24, 2.45) is 5.92 Å². The summed E-state index contributed by atoms with van der Waals surface area (Å²) in [6.07, 6.45) is 11.4. The van der Waals surface area contributed by atoms with Gasteiger partial charge in [-0.05, 0) is 85.4 Å². The van der Waals surface area contributed by atoms with E-state index in [0.29, 0.717) is 13.1 Å². The van der Waals surface area contributed by atoms with Crippen molar-refractivity contribution in [3.05, 3.63) is 96.2 Å². The van der Waals surface area contributed by atoms with Gasteiger partial charge in [0.1, 0.15) is 23.7 Å². The van der Waals surface area contributed by atoms with Gasteiger partial charge in [-0.2, -0.15) is 0 Å². The van der Waals surface area contributed by atoms with Gasteiger partial charge < -0.3 is 39.9 Å². The van der Waals surface area contributed by atoms with E-state index in [0.717, 1.165) is 93.9 Å². The molecule has 1 aliphatic carbocycles. The lowest BCUT2D eigenvalue weighted by Crippen LogP contribution is -2.51. The van der Waals surface area contributed by atoms with Gasteiger partial charge >= 0.3 is 12.2 Å². The SMILES string of the molecule is COC(=O)N[C@@H](C(=O)N1CCC[C@H]1c1ncc(-c2ccc3c(c2)sc2cc(-c4ccc5nc([C@@H]6CCCN6C(=O)[C@@H](NC(=O)OC)C(C)C)[nH]c5c4)ccc23)[nH]1)C1=CCCC=C1. The fourth-order valence-corrected chi connectivity index (χ4v) is 10.3. The minimum atomic E-state index is -0.833. The van der Waals surface area contributed by atoms with Crippen LogP contribution in [0.15, 0.2) is 84.6 Å². The van der Waals surface area contributed by atoms with Crippen LogP contribution in [0.2, 0.25) is 0 Å². The molecule has 4 N–H and O–H groups in total. The molecular weight excluding hydrogens is 805 g/mol. The summed E-state index contributed by atoms with van der Waals surface area (Å²) in [6, 6.07) is 17.3. The summed E-state index contributed by atoms with van der Waals surface area (Å²) in [7, 11) is 2.60. The molecule has 5 heterocycles. The van der Waals surface area contributed by atoms with Crippen molar-refractivity contribution in [2.75, 3.05) is 27.3 Å². The highest BCUT2D eigenvalue weighted by atomic mass is 32.1. The second-order valence-corrected chi connectivity index (χ2v) is 17.6. The Morgan fingerprint density at radius 2 is 1.42 bits per heavy atom. The van der Waals surface area contributed by atoms with Gasteiger partial charge in [0.05, 0.1) is 49.2 Å². The Kier molecular flexibility index (Phi) is 11.3. The van der Waals surface area contributed by atoms with Crippen LogP contribution in [0.3, 0.4) is 0 Å². The van der Waals surface area contributed by atoms with Crippen molar-refractivity contribution in [3.8, 4) is 22.4 Å². The largest absolute Gasteiger partial charge is 0.453 e. The Labute approximate surface area is 362 Å². The third-order valence-corrected chi connectivity index (χ3v) is 13.5. The standard InChI is InChI=1S/C47H50N8O6S/c1-26(2)40(52-46(58)60-3)44(56)55-21-9-13-37(55)43-49-33-19-16-28(22-34(33)50-43)29-14-17-31-32-18-15-30(24-39(32)62-38(31)23-29)35-25-48-42(51-35)36-12-8-20-54(36)45(57)41(53-47(59)61-4)27-10-6-5-7-11-27/h6,10-11,14-19,22-26,36-37,40-41H,5,7-9,12-13,20-21H2,1-4H3,(H,48,51)(H,49,50)(H,52,58)(H,53,59)/t36-,37-,40-,41+/m0/s1. The monoisotopic (exact) mass is 854 g/mol. The molecule has 3 aromatic carbocycles. The zero-order valence-corrected chi connectivity index (χ0v) is 36.0. The molecular formula is C47H50N8O6S. The first-order chi connectivity index (χ1) is 30.1. The van der Waals surface area contributed by atoms with Crippen molar-refractivity contribution in [1.29, 1.82) is 0 Å². The zero-order valence-electron chi connectivity index (χ0n) is 35.2. The number of aromatic nitrogens is 4. The highest BCUT2D eigenvalue weighted by Gasteiger charge is 2.39. The molecule has 3 aliphatic rings. The number of methoxy groups -OCH3 is 2. The van der Waals surface area contributed by atoms with Gasteiger partial charge in [0.25, 0.3) is 5.91 Å². The van der Waals surface area contributed by atoms with Crippen LogP contribution in [0.5, 0.6) is 0 Å². The van der Waals surface area contributed by atoms with E-state index in [1.54, 1.807) is 11.3 Å². The van der Waals surface area contributed by atoms with E-state index in [9.17, 15) is 19.2 Å². The van der Waals surface area contributed by atoms with Crippen molar-refractivity contribution < 1.29 is 28.7 Å². The second kappa shape index (κ2) is 17.1. The minimum absolute atomic E-state index is 0.111. The molecule has 4 atom stereocenters. The maximum Gasteiger partial charge on any atom is 0.407 e. The number of alkyl carbamates (subject to hydrolysis) is 2. The summed E-state index contributed by atoms with van der Waals surface area (Å²) in [6.45, 7) is 4.98. The maximum absolute atomic E-state index is 14.0. The summed E-state index contributed by atoms with van der Waals surface area (Å²) >= 11 is 1.74. The molecule has 3 aromatic heterocycles. The summed E-state index contributed by atoms with van der Waals surface area (Å²) in [5, 5.41) is 7.83. The zero-order chi connectivity index (χ0) is 43.1. The first-order valence-electron chi connectivity index (χ1n) is 21.3. The van der Waals surface area contributed by atoms with Gasteiger partial charge in [-0.15, -0.1) is 11.3 Å². The Morgan fingerprint density at radius 3 is 2.11 bits per heavy atom. The van der Waals surface area contributed by atoms with Gasteiger partial charge in [-0.25, -0.2) is 19.6 Å². The van der Waals surface area contributed by atoms with Crippen LogP contribution in [-0.4, -0.2) is 93.1 Å². The number of carbonyl (C=O) groups excluding carboxylic acids is 4. The highest BCUT2D eigenvalue weighted by Crippen LogP contribution is 2.40. The van der Waals surface area contributed by atoms with Gasteiger partial charge in [0.15, 0.2) is 0 Å². The highest BCUT2D eigenvalue weighted by molar-refractivity contribution is 7.25. The van der Waals surface area contributed by atoms with Crippen molar-refractivity contribution >= 4 is 66.5 Å². The molecule has 0 radical (unpaired) electrons. The Hall–Kier alpha value is -6.48. The topological polar surface area (TPSA) is 175 Å². The van der Waals surface area contributed by atoms with Gasteiger partial charge in [0, 0.05) is 38.8 Å². The first-order valence-corrected chi connectivity index (χ1v) is 22.1. The van der Waals surface area contributed by atoms with Crippen LogP contribution in [0.4, 0.5) is 9.59 Å². The molecule has 0 bridgehead atoms. The van der Waals surface area contributed by atoms with Crippen LogP contribution in [0, 0.1) is 5.92 Å². The Morgan fingerprint density at radius 1 is 0.774 bits per heavy atom. The molecule has 2 fully saturated rings. The third kappa shape index (κ3) is 7.81. The lowest BCUT2D eigenvalue weighted by Gasteiger charge is -2.29. The van der Waals surface area contributed by atoms with Crippen LogP contribution in [0.1, 0.15) is 76.1 Å². The molecule has 15 heteroatoms. The average Bonchev–Trinajstić information content (AvgIpc) is 4.15. The van der Waals surface area contributed by atoms with Crippen molar-refractivity contribution in [2.45, 2.75) is 76.5 Å². The van der Waals surface area contributed by atoms with Crippen molar-refractivity contribution in [1.82, 2.24) is 40.4 Å². The predicted molar refractivity (Wildman–Crippen MR) is 239 cm³/mol. The maximum atomic E-state index is 14.0. The normalized spacial score (nSPS) is 18.7. The number of aromatic amines is 2.